The molecular formula is C11H21F2N. The highest BCUT2D eigenvalue weighted by molar-refractivity contribution is 4.76. The number of hydrogen-bond acceptors (Lipinski definition) is 1. The maximum atomic E-state index is 12.7. The van der Waals surface area contributed by atoms with Crippen molar-refractivity contribution < 1.29 is 8.78 Å². The zero-order valence-corrected chi connectivity index (χ0v) is 9.39. The van der Waals surface area contributed by atoms with Gasteiger partial charge in [-0.15, -0.1) is 0 Å². The lowest BCUT2D eigenvalue weighted by Crippen LogP contribution is -2.41. The molecule has 0 N–H and O–H groups in total. The fraction of sp³-hybridized carbons (Fsp3) is 1.00. The normalized spacial score (nSPS) is 21.9. The van der Waals surface area contributed by atoms with Crippen LogP contribution in [0.3, 0.4) is 0 Å². The van der Waals surface area contributed by atoms with Crippen molar-refractivity contribution in [3.05, 3.63) is 0 Å². The van der Waals surface area contributed by atoms with Crippen LogP contribution in [-0.2, 0) is 0 Å². The number of halogens is 2. The minimum absolute atomic E-state index is 0.0716. The first-order chi connectivity index (χ1) is 6.38. The van der Waals surface area contributed by atoms with E-state index in [0.29, 0.717) is 5.92 Å². The van der Waals surface area contributed by atoms with E-state index in [4.69, 9.17) is 0 Å². The van der Waals surface area contributed by atoms with Crippen LogP contribution in [0.25, 0.3) is 0 Å². The largest absolute Gasteiger partial charge is 0.297 e. The summed E-state index contributed by atoms with van der Waals surface area (Å²) in [5.74, 6) is -1.11. The Morgan fingerprint density at radius 2 is 1.79 bits per heavy atom. The molecule has 1 fully saturated rings. The van der Waals surface area contributed by atoms with Gasteiger partial charge in [0.15, 0.2) is 0 Å². The van der Waals surface area contributed by atoms with Gasteiger partial charge in [-0.1, -0.05) is 13.8 Å². The first-order valence-corrected chi connectivity index (χ1v) is 5.48. The highest BCUT2D eigenvalue weighted by atomic mass is 19.3. The van der Waals surface area contributed by atoms with Gasteiger partial charge in [0.05, 0.1) is 6.54 Å². The summed E-state index contributed by atoms with van der Waals surface area (Å²) in [6.45, 7) is 7.04. The van der Waals surface area contributed by atoms with Gasteiger partial charge in [-0.3, -0.25) is 4.90 Å². The molecule has 1 aliphatic rings. The Balaban J connectivity index is 2.29. The SMILES string of the molecule is CC(C)C1CCN(CC(C)(F)F)CC1. The van der Waals surface area contributed by atoms with Gasteiger partial charge in [0.1, 0.15) is 0 Å². The summed E-state index contributed by atoms with van der Waals surface area (Å²) in [7, 11) is 0. The van der Waals surface area contributed by atoms with Crippen molar-refractivity contribution in [3.63, 3.8) is 0 Å². The molecule has 0 aromatic rings. The molecule has 0 unspecified atom stereocenters. The first kappa shape index (κ1) is 11.9. The Morgan fingerprint density at radius 1 is 1.29 bits per heavy atom. The monoisotopic (exact) mass is 205 g/mol. The summed E-state index contributed by atoms with van der Waals surface area (Å²) in [5, 5.41) is 0. The number of likely N-dealkylation sites (tertiary alicyclic amines) is 1. The zero-order valence-electron chi connectivity index (χ0n) is 9.39. The number of nitrogens with zero attached hydrogens (tertiary/aromatic N) is 1. The van der Waals surface area contributed by atoms with Crippen molar-refractivity contribution in [1.82, 2.24) is 4.90 Å². The summed E-state index contributed by atoms with van der Waals surface area (Å²) in [4.78, 5) is 1.89. The van der Waals surface area contributed by atoms with Crippen molar-refractivity contribution in [2.24, 2.45) is 11.8 Å². The highest BCUT2D eigenvalue weighted by Crippen LogP contribution is 2.26. The lowest BCUT2D eigenvalue weighted by molar-refractivity contribution is -0.0239. The van der Waals surface area contributed by atoms with E-state index in [1.54, 1.807) is 0 Å². The summed E-state index contributed by atoms with van der Waals surface area (Å²) < 4.78 is 25.4. The van der Waals surface area contributed by atoms with Gasteiger partial charge in [-0.05, 0) is 37.8 Å². The van der Waals surface area contributed by atoms with E-state index in [1.807, 2.05) is 4.90 Å². The van der Waals surface area contributed by atoms with Crippen LogP contribution in [0.2, 0.25) is 0 Å². The van der Waals surface area contributed by atoms with Crippen LogP contribution >= 0.6 is 0 Å². The van der Waals surface area contributed by atoms with Crippen LogP contribution in [0.1, 0.15) is 33.6 Å². The second kappa shape index (κ2) is 4.56. The third kappa shape index (κ3) is 3.91. The van der Waals surface area contributed by atoms with Gasteiger partial charge < -0.3 is 0 Å². The Kier molecular flexibility index (Phi) is 3.87. The fourth-order valence-electron chi connectivity index (χ4n) is 2.17. The van der Waals surface area contributed by atoms with Crippen molar-refractivity contribution in [1.29, 1.82) is 0 Å². The molecule has 0 aromatic carbocycles. The number of rotatable bonds is 3. The number of alkyl halides is 2. The highest BCUT2D eigenvalue weighted by Gasteiger charge is 2.28. The molecule has 14 heavy (non-hydrogen) atoms. The maximum Gasteiger partial charge on any atom is 0.257 e. The molecule has 0 saturated carbocycles. The van der Waals surface area contributed by atoms with Crippen molar-refractivity contribution >= 4 is 0 Å². The van der Waals surface area contributed by atoms with E-state index < -0.39 is 5.92 Å². The molecule has 0 aliphatic carbocycles. The smallest absolute Gasteiger partial charge is 0.257 e. The quantitative estimate of drug-likeness (QED) is 0.684. The summed E-state index contributed by atoms with van der Waals surface area (Å²) in [6, 6.07) is 0. The van der Waals surface area contributed by atoms with Crippen molar-refractivity contribution in [2.45, 2.75) is 39.5 Å². The Morgan fingerprint density at radius 3 is 2.14 bits per heavy atom. The van der Waals surface area contributed by atoms with E-state index in [2.05, 4.69) is 13.8 Å². The van der Waals surface area contributed by atoms with Crippen LogP contribution in [-0.4, -0.2) is 30.5 Å². The topological polar surface area (TPSA) is 3.24 Å². The minimum Gasteiger partial charge on any atom is -0.297 e. The Labute approximate surface area is 85.5 Å². The molecule has 0 bridgehead atoms. The van der Waals surface area contributed by atoms with Gasteiger partial charge in [-0.25, -0.2) is 8.78 Å². The zero-order chi connectivity index (χ0) is 10.8. The fourth-order valence-corrected chi connectivity index (χ4v) is 2.17. The molecule has 1 nitrogen and oxygen atoms in total. The number of hydrogen-bond donors (Lipinski definition) is 0. The first-order valence-electron chi connectivity index (χ1n) is 5.48. The number of piperidine rings is 1. The van der Waals surface area contributed by atoms with Gasteiger partial charge in [0.2, 0.25) is 0 Å². The van der Waals surface area contributed by atoms with Crippen LogP contribution < -0.4 is 0 Å². The van der Waals surface area contributed by atoms with Gasteiger partial charge in [0, 0.05) is 6.92 Å². The predicted molar refractivity (Wildman–Crippen MR) is 54.6 cm³/mol. The van der Waals surface area contributed by atoms with Crippen LogP contribution in [0.15, 0.2) is 0 Å². The second-order valence-electron chi connectivity index (χ2n) is 4.93. The Bertz CT molecular complexity index is 167. The third-order valence-corrected chi connectivity index (χ3v) is 3.08. The molecule has 1 aliphatic heterocycles. The van der Waals surface area contributed by atoms with E-state index >= 15 is 0 Å². The van der Waals surface area contributed by atoms with Gasteiger partial charge in [0.25, 0.3) is 5.92 Å². The summed E-state index contributed by atoms with van der Waals surface area (Å²) in [6.07, 6.45) is 2.15. The molecular weight excluding hydrogens is 184 g/mol. The molecule has 1 heterocycles. The van der Waals surface area contributed by atoms with Crippen LogP contribution in [0.5, 0.6) is 0 Å². The van der Waals surface area contributed by atoms with Crippen molar-refractivity contribution in [2.75, 3.05) is 19.6 Å². The molecule has 3 heteroatoms. The lowest BCUT2D eigenvalue weighted by Gasteiger charge is -2.34. The van der Waals surface area contributed by atoms with Gasteiger partial charge in [-0.2, -0.15) is 0 Å². The van der Waals surface area contributed by atoms with Crippen LogP contribution in [0, 0.1) is 11.8 Å². The molecule has 1 rings (SSSR count). The maximum absolute atomic E-state index is 12.7. The van der Waals surface area contributed by atoms with E-state index in [-0.39, 0.29) is 6.54 Å². The molecule has 0 aromatic heterocycles. The predicted octanol–water partition coefficient (Wildman–Crippen LogP) is 3.01. The molecule has 1 saturated heterocycles. The summed E-state index contributed by atoms with van der Waals surface area (Å²) >= 11 is 0. The van der Waals surface area contributed by atoms with E-state index in [1.165, 1.54) is 0 Å². The average Bonchev–Trinajstić information content (AvgIpc) is 2.02. The second-order valence-corrected chi connectivity index (χ2v) is 4.93. The molecule has 0 amide bonds. The standard InChI is InChI=1S/C11H21F2N/c1-9(2)10-4-6-14(7-5-10)8-11(3,12)13/h9-10H,4-8H2,1-3H3. The Hall–Kier alpha value is -0.180. The minimum atomic E-state index is -2.54. The summed E-state index contributed by atoms with van der Waals surface area (Å²) in [5.41, 5.74) is 0. The van der Waals surface area contributed by atoms with Crippen molar-refractivity contribution in [3.8, 4) is 0 Å². The third-order valence-electron chi connectivity index (χ3n) is 3.08. The molecule has 0 atom stereocenters. The average molecular weight is 205 g/mol. The molecule has 0 spiro atoms. The van der Waals surface area contributed by atoms with E-state index in [0.717, 1.165) is 38.8 Å². The van der Waals surface area contributed by atoms with Gasteiger partial charge >= 0.3 is 0 Å². The molecule has 84 valence electrons. The lowest BCUT2D eigenvalue weighted by atomic mass is 9.87. The van der Waals surface area contributed by atoms with Crippen LogP contribution in [0.4, 0.5) is 8.78 Å². The van der Waals surface area contributed by atoms with E-state index in [9.17, 15) is 8.78 Å². The molecule has 0 radical (unpaired) electrons.